The van der Waals surface area contributed by atoms with Crippen molar-refractivity contribution in [3.05, 3.63) is 28.8 Å². The molecule has 1 heterocycles. The largest absolute Gasteiger partial charge is 0.317 e. The van der Waals surface area contributed by atoms with Crippen molar-refractivity contribution in [2.24, 2.45) is 5.41 Å². The van der Waals surface area contributed by atoms with Crippen LogP contribution >= 0.6 is 24.0 Å². The molecule has 0 radical (unpaired) electrons. The van der Waals surface area contributed by atoms with Gasteiger partial charge in [0.25, 0.3) is 0 Å². The average molecular weight is 353 g/mol. The SMILES string of the molecule is Cc1cccc(S(=O)(=O)NCC2(C)CCNCC2)c1Cl.Cl. The third kappa shape index (κ3) is 4.57. The van der Waals surface area contributed by atoms with Gasteiger partial charge in [-0.25, -0.2) is 13.1 Å². The summed E-state index contributed by atoms with van der Waals surface area (Å²) >= 11 is 6.10. The van der Waals surface area contributed by atoms with E-state index in [0.29, 0.717) is 11.6 Å². The van der Waals surface area contributed by atoms with Crippen molar-refractivity contribution in [3.63, 3.8) is 0 Å². The molecule has 0 amide bonds. The van der Waals surface area contributed by atoms with Gasteiger partial charge in [-0.05, 0) is 49.9 Å². The van der Waals surface area contributed by atoms with Crippen LogP contribution in [-0.2, 0) is 10.0 Å². The highest BCUT2D eigenvalue weighted by atomic mass is 35.5. The summed E-state index contributed by atoms with van der Waals surface area (Å²) in [5.41, 5.74) is 0.775. The van der Waals surface area contributed by atoms with Crippen molar-refractivity contribution in [1.82, 2.24) is 10.0 Å². The van der Waals surface area contributed by atoms with Gasteiger partial charge in [-0.2, -0.15) is 0 Å². The topological polar surface area (TPSA) is 58.2 Å². The Kier molecular flexibility index (Phi) is 6.50. The number of hydrogen-bond donors (Lipinski definition) is 2. The van der Waals surface area contributed by atoms with E-state index >= 15 is 0 Å². The highest BCUT2D eigenvalue weighted by Gasteiger charge is 2.29. The molecule has 120 valence electrons. The van der Waals surface area contributed by atoms with Crippen LogP contribution in [0, 0.1) is 12.3 Å². The Hall–Kier alpha value is -0.330. The molecule has 1 aromatic rings. The number of sulfonamides is 1. The molecule has 1 saturated heterocycles. The number of benzene rings is 1. The van der Waals surface area contributed by atoms with Gasteiger partial charge in [-0.1, -0.05) is 30.7 Å². The van der Waals surface area contributed by atoms with E-state index in [9.17, 15) is 8.42 Å². The molecule has 0 aromatic heterocycles. The van der Waals surface area contributed by atoms with Crippen molar-refractivity contribution in [2.75, 3.05) is 19.6 Å². The lowest BCUT2D eigenvalue weighted by Gasteiger charge is -2.34. The van der Waals surface area contributed by atoms with Gasteiger partial charge in [0.1, 0.15) is 4.90 Å². The number of piperidine rings is 1. The van der Waals surface area contributed by atoms with Gasteiger partial charge in [-0.15, -0.1) is 12.4 Å². The fraction of sp³-hybridized carbons (Fsp3) is 0.571. The number of aryl methyl sites for hydroxylation is 1. The van der Waals surface area contributed by atoms with E-state index in [2.05, 4.69) is 17.0 Å². The predicted molar refractivity (Wildman–Crippen MR) is 88.8 cm³/mol. The van der Waals surface area contributed by atoms with Gasteiger partial charge in [0, 0.05) is 6.54 Å². The standard InChI is InChI=1S/C14H21ClN2O2S.ClH/c1-11-4-3-5-12(13(11)15)20(18,19)17-10-14(2)6-8-16-9-7-14;/h3-5,16-17H,6-10H2,1-2H3;1H. The van der Waals surface area contributed by atoms with E-state index in [0.717, 1.165) is 31.5 Å². The summed E-state index contributed by atoms with van der Waals surface area (Å²) in [6.07, 6.45) is 1.94. The first-order valence-electron chi connectivity index (χ1n) is 6.80. The molecule has 0 unspecified atom stereocenters. The fourth-order valence-electron chi connectivity index (χ4n) is 2.38. The van der Waals surface area contributed by atoms with Gasteiger partial charge in [0.05, 0.1) is 5.02 Å². The summed E-state index contributed by atoms with van der Waals surface area (Å²) in [5.74, 6) is 0. The summed E-state index contributed by atoms with van der Waals surface area (Å²) < 4.78 is 27.5. The number of hydrogen-bond acceptors (Lipinski definition) is 3. The molecule has 4 nitrogen and oxygen atoms in total. The van der Waals surface area contributed by atoms with Crippen molar-refractivity contribution in [1.29, 1.82) is 0 Å². The lowest BCUT2D eigenvalue weighted by atomic mass is 9.81. The molecule has 0 bridgehead atoms. The summed E-state index contributed by atoms with van der Waals surface area (Å²) in [4.78, 5) is 0.164. The third-order valence-corrected chi connectivity index (χ3v) is 6.00. The summed E-state index contributed by atoms with van der Waals surface area (Å²) in [6, 6.07) is 5.06. The van der Waals surface area contributed by atoms with Gasteiger partial charge in [0.15, 0.2) is 0 Å². The Balaban J connectivity index is 0.00000220. The Morgan fingerprint density at radius 1 is 1.33 bits per heavy atom. The molecule has 0 spiro atoms. The lowest BCUT2D eigenvalue weighted by Crippen LogP contribution is -2.42. The van der Waals surface area contributed by atoms with E-state index in [1.165, 1.54) is 0 Å². The van der Waals surface area contributed by atoms with Crippen molar-refractivity contribution >= 4 is 34.0 Å². The molecule has 0 saturated carbocycles. The van der Waals surface area contributed by atoms with Crippen LogP contribution in [0.25, 0.3) is 0 Å². The Bertz CT molecular complexity index is 585. The Morgan fingerprint density at radius 2 is 1.95 bits per heavy atom. The minimum Gasteiger partial charge on any atom is -0.317 e. The maximum absolute atomic E-state index is 12.4. The van der Waals surface area contributed by atoms with Crippen LogP contribution in [0.4, 0.5) is 0 Å². The zero-order valence-corrected chi connectivity index (χ0v) is 14.7. The van der Waals surface area contributed by atoms with Crippen LogP contribution in [0.1, 0.15) is 25.3 Å². The maximum atomic E-state index is 12.4. The van der Waals surface area contributed by atoms with Gasteiger partial charge in [0.2, 0.25) is 10.0 Å². The molecular formula is C14H22Cl2N2O2S. The normalized spacial score (nSPS) is 18.0. The van der Waals surface area contributed by atoms with Gasteiger partial charge >= 0.3 is 0 Å². The fourth-order valence-corrected chi connectivity index (χ4v) is 4.16. The zero-order chi connectivity index (χ0) is 14.8. The lowest BCUT2D eigenvalue weighted by molar-refractivity contribution is 0.232. The van der Waals surface area contributed by atoms with Crippen LogP contribution in [0.5, 0.6) is 0 Å². The van der Waals surface area contributed by atoms with Gasteiger partial charge < -0.3 is 5.32 Å². The first-order chi connectivity index (χ1) is 9.34. The van der Waals surface area contributed by atoms with Crippen LogP contribution in [0.15, 0.2) is 23.1 Å². The Morgan fingerprint density at radius 3 is 2.57 bits per heavy atom. The van der Waals surface area contributed by atoms with Crippen molar-refractivity contribution in [2.45, 2.75) is 31.6 Å². The second-order valence-corrected chi connectivity index (χ2v) is 7.89. The van der Waals surface area contributed by atoms with Crippen LogP contribution in [0.2, 0.25) is 5.02 Å². The van der Waals surface area contributed by atoms with E-state index in [1.54, 1.807) is 25.1 Å². The highest BCUT2D eigenvalue weighted by molar-refractivity contribution is 7.89. The molecule has 1 aliphatic rings. The predicted octanol–water partition coefficient (Wildman–Crippen LogP) is 2.74. The number of halogens is 2. The average Bonchev–Trinajstić information content (AvgIpc) is 2.41. The first kappa shape index (κ1) is 18.7. The van der Waals surface area contributed by atoms with E-state index < -0.39 is 10.0 Å². The van der Waals surface area contributed by atoms with Gasteiger partial charge in [-0.3, -0.25) is 0 Å². The van der Waals surface area contributed by atoms with E-state index in [4.69, 9.17) is 11.6 Å². The first-order valence-corrected chi connectivity index (χ1v) is 8.66. The molecule has 1 aliphatic heterocycles. The van der Waals surface area contributed by atoms with Crippen LogP contribution in [-0.4, -0.2) is 28.1 Å². The molecule has 1 fully saturated rings. The smallest absolute Gasteiger partial charge is 0.242 e. The summed E-state index contributed by atoms with van der Waals surface area (Å²) in [6.45, 7) is 6.23. The third-order valence-electron chi connectivity index (χ3n) is 3.95. The van der Waals surface area contributed by atoms with Crippen LogP contribution in [0.3, 0.4) is 0 Å². The molecule has 1 aromatic carbocycles. The van der Waals surface area contributed by atoms with Crippen molar-refractivity contribution in [3.8, 4) is 0 Å². The Labute approximate surface area is 138 Å². The summed E-state index contributed by atoms with van der Waals surface area (Å²) in [5, 5.41) is 3.59. The minimum atomic E-state index is -3.55. The maximum Gasteiger partial charge on any atom is 0.242 e. The summed E-state index contributed by atoms with van der Waals surface area (Å²) in [7, 11) is -3.55. The molecular weight excluding hydrogens is 331 g/mol. The number of nitrogens with one attached hydrogen (secondary N) is 2. The zero-order valence-electron chi connectivity index (χ0n) is 12.3. The second-order valence-electron chi connectivity index (χ2n) is 5.77. The molecule has 0 aliphatic carbocycles. The van der Waals surface area contributed by atoms with E-state index in [1.807, 2.05) is 0 Å². The molecule has 2 rings (SSSR count). The molecule has 7 heteroatoms. The monoisotopic (exact) mass is 352 g/mol. The molecule has 21 heavy (non-hydrogen) atoms. The minimum absolute atomic E-state index is 0. The molecule has 0 atom stereocenters. The van der Waals surface area contributed by atoms with Crippen LogP contribution < -0.4 is 10.0 Å². The second kappa shape index (κ2) is 7.29. The highest BCUT2D eigenvalue weighted by Crippen LogP contribution is 2.29. The van der Waals surface area contributed by atoms with Crippen molar-refractivity contribution < 1.29 is 8.42 Å². The number of rotatable bonds is 4. The quantitative estimate of drug-likeness (QED) is 0.875. The molecule has 2 N–H and O–H groups in total. The van der Waals surface area contributed by atoms with E-state index in [-0.39, 0.29) is 22.7 Å².